The molecule has 0 spiro atoms. The summed E-state index contributed by atoms with van der Waals surface area (Å²) < 4.78 is 44.5. The highest BCUT2D eigenvalue weighted by atomic mass is 19.4. The first-order chi connectivity index (χ1) is 11.1. The number of aliphatic hydroxyl groups is 1. The van der Waals surface area contributed by atoms with Gasteiger partial charge < -0.3 is 15.6 Å². The number of carbonyl (C=O) groups is 1. The van der Waals surface area contributed by atoms with Crippen molar-refractivity contribution < 1.29 is 27.8 Å². The summed E-state index contributed by atoms with van der Waals surface area (Å²) in [4.78, 5) is 15.5. The van der Waals surface area contributed by atoms with Gasteiger partial charge in [0.25, 0.3) is 0 Å². The third-order valence-electron chi connectivity index (χ3n) is 4.20. The van der Waals surface area contributed by atoms with Crippen molar-refractivity contribution in [1.29, 1.82) is 0 Å². The van der Waals surface area contributed by atoms with E-state index in [4.69, 9.17) is 16.0 Å². The maximum absolute atomic E-state index is 13.1. The number of nitrogens with two attached hydrogens (primary N) is 1. The van der Waals surface area contributed by atoms with Crippen molar-refractivity contribution >= 4 is 6.09 Å². The molecule has 138 valence electrons. The highest BCUT2D eigenvalue weighted by molar-refractivity contribution is 5.72. The van der Waals surface area contributed by atoms with Crippen LogP contribution in [-0.2, 0) is 4.74 Å². The van der Waals surface area contributed by atoms with Crippen molar-refractivity contribution in [2.45, 2.75) is 63.1 Å². The Morgan fingerprint density at radius 3 is 2.67 bits per heavy atom. The highest BCUT2D eigenvalue weighted by Gasteiger charge is 2.61. The number of carbonyl (C=O) groups excluding carboxylic acids is 1. The molecule has 4 atom stereocenters. The summed E-state index contributed by atoms with van der Waals surface area (Å²) in [7, 11) is 0. The SMILES string of the molecule is CC[C@@H](O)[C@@]1(C)OC(=O)N(CCCCN=[N+]=[N-])[C@@H]1[C@H](N)C(F)(F)F. The van der Waals surface area contributed by atoms with E-state index in [9.17, 15) is 23.1 Å². The minimum atomic E-state index is -4.75. The van der Waals surface area contributed by atoms with Gasteiger partial charge in [-0.05, 0) is 31.7 Å². The molecule has 1 rings (SSSR count). The summed E-state index contributed by atoms with van der Waals surface area (Å²) >= 11 is 0. The van der Waals surface area contributed by atoms with Crippen molar-refractivity contribution in [2.24, 2.45) is 10.8 Å². The van der Waals surface area contributed by atoms with Gasteiger partial charge in [0.05, 0.1) is 6.10 Å². The highest BCUT2D eigenvalue weighted by Crippen LogP contribution is 2.39. The van der Waals surface area contributed by atoms with Crippen LogP contribution in [-0.4, -0.2) is 59.2 Å². The van der Waals surface area contributed by atoms with Crippen LogP contribution >= 0.6 is 0 Å². The standard InChI is InChI=1S/C13H22F3N5O3/c1-3-8(22)12(2)10(9(17)13(14,15)16)21(11(23)24-12)7-5-4-6-19-20-18/h8-10,22H,3-7,17H2,1-2H3/t8-,9+,10-,12-/m1/s1. The number of halogens is 3. The van der Waals surface area contributed by atoms with E-state index >= 15 is 0 Å². The first kappa shape index (κ1) is 20.3. The molecule has 0 aromatic carbocycles. The Morgan fingerprint density at radius 2 is 2.17 bits per heavy atom. The number of rotatable bonds is 8. The average Bonchev–Trinajstić information content (AvgIpc) is 2.76. The van der Waals surface area contributed by atoms with Gasteiger partial charge in [-0.25, -0.2) is 4.79 Å². The Morgan fingerprint density at radius 1 is 1.54 bits per heavy atom. The molecule has 1 aliphatic heterocycles. The molecule has 1 heterocycles. The molecule has 0 saturated carbocycles. The Hall–Kier alpha value is -1.71. The fraction of sp³-hybridized carbons (Fsp3) is 0.923. The Bertz CT molecular complexity index is 498. The maximum atomic E-state index is 13.1. The number of ether oxygens (including phenoxy) is 1. The lowest BCUT2D eigenvalue weighted by Gasteiger charge is -2.38. The second-order valence-corrected chi connectivity index (χ2v) is 5.84. The maximum Gasteiger partial charge on any atom is 0.410 e. The molecule has 0 bridgehead atoms. The van der Waals surface area contributed by atoms with Crippen LogP contribution in [0.15, 0.2) is 5.11 Å². The molecule has 1 fully saturated rings. The van der Waals surface area contributed by atoms with E-state index in [1.165, 1.54) is 6.92 Å². The van der Waals surface area contributed by atoms with Crippen molar-refractivity contribution in [3.8, 4) is 0 Å². The number of azide groups is 1. The van der Waals surface area contributed by atoms with E-state index in [1.807, 2.05) is 0 Å². The van der Waals surface area contributed by atoms with Crippen LogP contribution in [0, 0.1) is 0 Å². The first-order valence-electron chi connectivity index (χ1n) is 7.60. The quantitative estimate of drug-likeness (QED) is 0.301. The number of hydrogen-bond donors (Lipinski definition) is 2. The second kappa shape index (κ2) is 7.91. The molecule has 1 aliphatic rings. The third-order valence-corrected chi connectivity index (χ3v) is 4.20. The summed E-state index contributed by atoms with van der Waals surface area (Å²) in [6, 6.07) is -3.90. The molecule has 0 aromatic heterocycles. The molecule has 0 aliphatic carbocycles. The van der Waals surface area contributed by atoms with Gasteiger partial charge in [0.15, 0.2) is 5.60 Å². The lowest BCUT2D eigenvalue weighted by molar-refractivity contribution is -0.175. The minimum Gasteiger partial charge on any atom is -0.438 e. The Kier molecular flexibility index (Phi) is 6.70. The molecule has 1 amide bonds. The van der Waals surface area contributed by atoms with Crippen LogP contribution in [0.3, 0.4) is 0 Å². The van der Waals surface area contributed by atoms with E-state index < -0.39 is 36.1 Å². The van der Waals surface area contributed by atoms with Crippen molar-refractivity contribution in [2.75, 3.05) is 13.1 Å². The molecule has 8 nitrogen and oxygen atoms in total. The third kappa shape index (κ3) is 4.22. The zero-order chi connectivity index (χ0) is 18.5. The smallest absolute Gasteiger partial charge is 0.410 e. The lowest BCUT2D eigenvalue weighted by Crippen LogP contribution is -2.63. The largest absolute Gasteiger partial charge is 0.438 e. The van der Waals surface area contributed by atoms with E-state index in [1.54, 1.807) is 6.92 Å². The van der Waals surface area contributed by atoms with Gasteiger partial charge in [-0.3, -0.25) is 4.90 Å². The fourth-order valence-electron chi connectivity index (χ4n) is 2.87. The predicted molar refractivity (Wildman–Crippen MR) is 79.0 cm³/mol. The van der Waals surface area contributed by atoms with Gasteiger partial charge >= 0.3 is 12.3 Å². The summed E-state index contributed by atoms with van der Waals surface area (Å²) in [5.41, 5.74) is 11.8. The minimum absolute atomic E-state index is 0.0414. The Labute approximate surface area is 137 Å². The number of alkyl halides is 3. The Balaban J connectivity index is 3.01. The zero-order valence-electron chi connectivity index (χ0n) is 13.5. The van der Waals surface area contributed by atoms with Crippen LogP contribution in [0.4, 0.5) is 18.0 Å². The normalized spacial score (nSPS) is 26.7. The first-order valence-corrected chi connectivity index (χ1v) is 7.60. The molecule has 11 heteroatoms. The molecule has 24 heavy (non-hydrogen) atoms. The predicted octanol–water partition coefficient (Wildman–Crippen LogP) is 2.32. The average molecular weight is 353 g/mol. The monoisotopic (exact) mass is 353 g/mol. The number of amides is 1. The van der Waals surface area contributed by atoms with Gasteiger partial charge in [0.1, 0.15) is 12.1 Å². The molecule has 1 saturated heterocycles. The molecular weight excluding hydrogens is 331 g/mol. The van der Waals surface area contributed by atoms with E-state index in [2.05, 4.69) is 10.0 Å². The van der Waals surface area contributed by atoms with Gasteiger partial charge in [0, 0.05) is 18.0 Å². The number of nitrogens with zero attached hydrogens (tertiary/aromatic N) is 4. The van der Waals surface area contributed by atoms with Crippen molar-refractivity contribution in [1.82, 2.24) is 4.90 Å². The second-order valence-electron chi connectivity index (χ2n) is 5.84. The molecule has 0 unspecified atom stereocenters. The van der Waals surface area contributed by atoms with Crippen LogP contribution in [0.25, 0.3) is 10.4 Å². The number of aliphatic hydroxyl groups excluding tert-OH is 1. The topological polar surface area (TPSA) is 125 Å². The van der Waals surface area contributed by atoms with Gasteiger partial charge in [-0.15, -0.1) is 0 Å². The van der Waals surface area contributed by atoms with E-state index in [-0.39, 0.29) is 19.5 Å². The van der Waals surface area contributed by atoms with Crippen LogP contribution < -0.4 is 5.73 Å². The van der Waals surface area contributed by atoms with Gasteiger partial charge in [-0.2, -0.15) is 13.2 Å². The van der Waals surface area contributed by atoms with Gasteiger partial charge in [0.2, 0.25) is 0 Å². The summed E-state index contributed by atoms with van der Waals surface area (Å²) in [5, 5.41) is 13.4. The van der Waals surface area contributed by atoms with Crippen molar-refractivity contribution in [3.05, 3.63) is 10.4 Å². The summed E-state index contributed by atoms with van der Waals surface area (Å²) in [6.07, 6.45) is -6.17. The summed E-state index contributed by atoms with van der Waals surface area (Å²) in [6.45, 7) is 2.96. The molecule has 0 radical (unpaired) electrons. The summed E-state index contributed by atoms with van der Waals surface area (Å²) in [5.74, 6) is 0. The number of hydrogen-bond acceptors (Lipinski definition) is 5. The molecular formula is C13H22F3N5O3. The number of cyclic esters (lactones) is 1. The van der Waals surface area contributed by atoms with E-state index in [0.717, 1.165) is 4.90 Å². The fourth-order valence-corrected chi connectivity index (χ4v) is 2.87. The van der Waals surface area contributed by atoms with E-state index in [0.29, 0.717) is 12.8 Å². The zero-order valence-corrected chi connectivity index (χ0v) is 13.5. The molecule has 3 N–H and O–H groups in total. The van der Waals surface area contributed by atoms with Crippen LogP contribution in [0.2, 0.25) is 0 Å². The lowest BCUT2D eigenvalue weighted by atomic mass is 9.84. The van der Waals surface area contributed by atoms with Crippen LogP contribution in [0.5, 0.6) is 0 Å². The van der Waals surface area contributed by atoms with Crippen molar-refractivity contribution in [3.63, 3.8) is 0 Å². The van der Waals surface area contributed by atoms with Crippen LogP contribution in [0.1, 0.15) is 33.1 Å². The number of unbranched alkanes of at least 4 members (excludes halogenated alkanes) is 1. The molecule has 0 aromatic rings. The van der Waals surface area contributed by atoms with Gasteiger partial charge in [-0.1, -0.05) is 12.0 Å².